The Morgan fingerprint density at radius 1 is 1.47 bits per heavy atom. The monoisotopic (exact) mass is 222 g/mol. The lowest BCUT2D eigenvalue weighted by atomic mass is 10.1. The van der Waals surface area contributed by atoms with Crippen LogP contribution in [0, 0.1) is 6.92 Å². The van der Waals surface area contributed by atoms with Crippen LogP contribution < -0.4 is 0 Å². The molecule has 1 heterocycles. The van der Waals surface area contributed by atoms with Gasteiger partial charge in [0.1, 0.15) is 0 Å². The highest BCUT2D eigenvalue weighted by Crippen LogP contribution is 2.20. The Morgan fingerprint density at radius 3 is 2.87 bits per heavy atom. The topological polar surface area (TPSA) is 26.3 Å². The van der Waals surface area contributed by atoms with Crippen molar-refractivity contribution in [1.29, 1.82) is 0 Å². The number of carbonyl (C=O) groups is 1. The van der Waals surface area contributed by atoms with Crippen LogP contribution in [0.25, 0.3) is 0 Å². The molecule has 0 aliphatic carbocycles. The zero-order valence-electron chi connectivity index (χ0n) is 8.42. The maximum Gasteiger partial charge on any atom is 0.227 e. The normalized spacial score (nSPS) is 14.7. The van der Waals surface area contributed by atoms with Crippen LogP contribution in [0.15, 0.2) is 30.0 Å². The molecule has 1 aliphatic heterocycles. The number of rotatable bonds is 2. The first-order valence-corrected chi connectivity index (χ1v) is 5.20. The molecule has 0 saturated heterocycles. The number of hydrogen-bond acceptors (Lipinski definition) is 2. The zero-order valence-corrected chi connectivity index (χ0v) is 9.17. The van der Waals surface area contributed by atoms with Gasteiger partial charge >= 0.3 is 0 Å². The van der Waals surface area contributed by atoms with Gasteiger partial charge in [0.25, 0.3) is 0 Å². The van der Waals surface area contributed by atoms with E-state index < -0.39 is 0 Å². The number of hydrogen-bond donors (Lipinski definition) is 0. The van der Waals surface area contributed by atoms with Gasteiger partial charge in [-0.3, -0.25) is 4.79 Å². The molecule has 0 bridgehead atoms. The van der Waals surface area contributed by atoms with Crippen LogP contribution in [-0.2, 0) is 4.74 Å². The van der Waals surface area contributed by atoms with Crippen molar-refractivity contribution in [2.45, 2.75) is 13.3 Å². The van der Waals surface area contributed by atoms with Gasteiger partial charge in [0.2, 0.25) is 5.78 Å². The molecule has 0 N–H and O–H groups in total. The van der Waals surface area contributed by atoms with Gasteiger partial charge in [-0.05, 0) is 36.8 Å². The van der Waals surface area contributed by atoms with Gasteiger partial charge in [0.15, 0.2) is 5.76 Å². The van der Waals surface area contributed by atoms with E-state index >= 15 is 0 Å². The molecule has 0 aromatic heterocycles. The number of benzene rings is 1. The number of ketones is 1. The summed E-state index contributed by atoms with van der Waals surface area (Å²) >= 11 is 5.89. The molecular formula is C12H11ClO2. The second kappa shape index (κ2) is 4.07. The van der Waals surface area contributed by atoms with Crippen molar-refractivity contribution in [2.75, 3.05) is 6.61 Å². The Morgan fingerprint density at radius 2 is 2.27 bits per heavy atom. The fraction of sp³-hybridized carbons (Fsp3) is 0.250. The summed E-state index contributed by atoms with van der Waals surface area (Å²) in [5.74, 6) is 0.393. The minimum atomic E-state index is -0.0627. The van der Waals surface area contributed by atoms with Crippen molar-refractivity contribution in [3.63, 3.8) is 0 Å². The van der Waals surface area contributed by atoms with E-state index in [1.807, 2.05) is 13.0 Å². The van der Waals surface area contributed by atoms with Crippen molar-refractivity contribution in [3.8, 4) is 0 Å². The maximum atomic E-state index is 11.9. The molecule has 0 saturated carbocycles. The van der Waals surface area contributed by atoms with Crippen molar-refractivity contribution in [3.05, 3.63) is 46.2 Å². The van der Waals surface area contributed by atoms with Gasteiger partial charge in [0, 0.05) is 17.0 Å². The number of carbonyl (C=O) groups excluding carboxylic acids is 1. The Balaban J connectivity index is 2.29. The van der Waals surface area contributed by atoms with Crippen molar-refractivity contribution in [1.82, 2.24) is 0 Å². The predicted octanol–water partition coefficient (Wildman–Crippen LogP) is 3.14. The molecule has 0 fully saturated rings. The molecule has 15 heavy (non-hydrogen) atoms. The quantitative estimate of drug-likeness (QED) is 0.719. The average molecular weight is 223 g/mol. The molecule has 0 radical (unpaired) electrons. The Hall–Kier alpha value is -1.28. The summed E-state index contributed by atoms with van der Waals surface area (Å²) in [6.45, 7) is 2.48. The number of aryl methyl sites for hydroxylation is 1. The summed E-state index contributed by atoms with van der Waals surface area (Å²) in [7, 11) is 0. The van der Waals surface area contributed by atoms with E-state index in [0.717, 1.165) is 12.0 Å². The number of allylic oxidation sites excluding steroid dienone is 1. The lowest BCUT2D eigenvalue weighted by Crippen LogP contribution is -2.04. The van der Waals surface area contributed by atoms with E-state index in [2.05, 4.69) is 0 Å². The molecule has 3 heteroatoms. The largest absolute Gasteiger partial charge is 0.489 e. The second-order valence-corrected chi connectivity index (χ2v) is 3.91. The standard InChI is InChI=1S/C12H11ClO2/c1-8-7-9(4-5-10(8)13)12(14)11-3-2-6-15-11/h3-5,7H,2,6H2,1H3. The van der Waals surface area contributed by atoms with Crippen molar-refractivity contribution >= 4 is 17.4 Å². The molecule has 0 unspecified atom stereocenters. The van der Waals surface area contributed by atoms with Gasteiger partial charge in [-0.25, -0.2) is 0 Å². The van der Waals surface area contributed by atoms with E-state index in [0.29, 0.717) is 23.0 Å². The molecule has 1 aliphatic rings. The molecule has 78 valence electrons. The van der Waals surface area contributed by atoms with Crippen LogP contribution in [0.2, 0.25) is 5.02 Å². The molecule has 0 atom stereocenters. The molecule has 0 amide bonds. The molecule has 1 aromatic rings. The SMILES string of the molecule is Cc1cc(C(=O)C2=CCCO2)ccc1Cl. The fourth-order valence-electron chi connectivity index (χ4n) is 1.50. The third-order valence-electron chi connectivity index (χ3n) is 2.35. The smallest absolute Gasteiger partial charge is 0.227 e. The first kappa shape index (κ1) is 10.2. The summed E-state index contributed by atoms with van der Waals surface area (Å²) in [6, 6.07) is 5.24. The minimum absolute atomic E-state index is 0.0627. The first-order chi connectivity index (χ1) is 7.18. The minimum Gasteiger partial charge on any atom is -0.489 e. The van der Waals surface area contributed by atoms with Gasteiger partial charge in [0.05, 0.1) is 6.61 Å². The summed E-state index contributed by atoms with van der Waals surface area (Å²) in [4.78, 5) is 11.9. The van der Waals surface area contributed by atoms with Crippen molar-refractivity contribution in [2.24, 2.45) is 0 Å². The van der Waals surface area contributed by atoms with E-state index in [4.69, 9.17) is 16.3 Å². The summed E-state index contributed by atoms with van der Waals surface area (Å²) in [5.41, 5.74) is 1.53. The lowest BCUT2D eigenvalue weighted by Gasteiger charge is -2.04. The number of halogens is 1. The Labute approximate surface area is 93.5 Å². The van der Waals surface area contributed by atoms with Crippen molar-refractivity contribution < 1.29 is 9.53 Å². The highest BCUT2D eigenvalue weighted by molar-refractivity contribution is 6.31. The summed E-state index contributed by atoms with van der Waals surface area (Å²) in [6.07, 6.45) is 2.64. The number of Topliss-reactive ketones (excluding diaryl/α,β-unsaturated/α-hetero) is 1. The van der Waals surface area contributed by atoms with Gasteiger partial charge in [-0.15, -0.1) is 0 Å². The molecule has 2 rings (SSSR count). The summed E-state index contributed by atoms with van der Waals surface area (Å²) in [5, 5.41) is 0.674. The Bertz CT molecular complexity index is 435. The maximum absolute atomic E-state index is 11.9. The average Bonchev–Trinajstić information content (AvgIpc) is 2.74. The van der Waals surface area contributed by atoms with Crippen LogP contribution >= 0.6 is 11.6 Å². The van der Waals surface area contributed by atoms with E-state index in [1.165, 1.54) is 0 Å². The fourth-order valence-corrected chi connectivity index (χ4v) is 1.62. The zero-order chi connectivity index (χ0) is 10.8. The molecule has 0 spiro atoms. The molecule has 1 aromatic carbocycles. The highest BCUT2D eigenvalue weighted by Gasteiger charge is 2.17. The predicted molar refractivity (Wildman–Crippen MR) is 59.2 cm³/mol. The van der Waals surface area contributed by atoms with Gasteiger partial charge in [-0.1, -0.05) is 11.6 Å². The molecule has 2 nitrogen and oxygen atoms in total. The van der Waals surface area contributed by atoms with Crippen LogP contribution in [-0.4, -0.2) is 12.4 Å². The van der Waals surface area contributed by atoms with Crippen LogP contribution in [0.3, 0.4) is 0 Å². The van der Waals surface area contributed by atoms with Crippen LogP contribution in [0.5, 0.6) is 0 Å². The second-order valence-electron chi connectivity index (χ2n) is 3.50. The van der Waals surface area contributed by atoms with E-state index in [9.17, 15) is 4.79 Å². The Kier molecular flexibility index (Phi) is 2.78. The van der Waals surface area contributed by atoms with Gasteiger partial charge < -0.3 is 4.74 Å². The van der Waals surface area contributed by atoms with E-state index in [1.54, 1.807) is 18.2 Å². The first-order valence-electron chi connectivity index (χ1n) is 4.82. The summed E-state index contributed by atoms with van der Waals surface area (Å²) < 4.78 is 5.22. The highest BCUT2D eigenvalue weighted by atomic mass is 35.5. The molecular weight excluding hydrogens is 212 g/mol. The third-order valence-corrected chi connectivity index (χ3v) is 2.77. The number of ether oxygens (including phenoxy) is 1. The lowest BCUT2D eigenvalue weighted by molar-refractivity contribution is 0.0942. The van der Waals surface area contributed by atoms with Crippen LogP contribution in [0.1, 0.15) is 22.3 Å². The van der Waals surface area contributed by atoms with E-state index in [-0.39, 0.29) is 5.78 Å². The van der Waals surface area contributed by atoms with Crippen LogP contribution in [0.4, 0.5) is 0 Å². The third kappa shape index (κ3) is 2.05. The van der Waals surface area contributed by atoms with Gasteiger partial charge in [-0.2, -0.15) is 0 Å².